The Hall–Kier alpha value is -2.38. The second kappa shape index (κ2) is 6.98. The van der Waals surface area contributed by atoms with Crippen molar-refractivity contribution >= 4 is 5.91 Å². The number of carbonyl (C=O) groups excluding carboxylic acids is 1. The van der Waals surface area contributed by atoms with Crippen LogP contribution in [0, 0.1) is 6.92 Å². The van der Waals surface area contributed by atoms with E-state index in [4.69, 9.17) is 5.11 Å². The predicted octanol–water partition coefficient (Wildman–Crippen LogP) is 3.28. The molecule has 1 aliphatic carbocycles. The average Bonchev–Trinajstić information content (AvgIpc) is 2.89. The van der Waals surface area contributed by atoms with Crippen LogP contribution in [-0.4, -0.2) is 35.4 Å². The Balaban J connectivity index is 2.07. The Morgan fingerprint density at radius 1 is 1.15 bits per heavy atom. The number of hydrogen-bond acceptors (Lipinski definition) is 3. The van der Waals surface area contributed by atoms with Gasteiger partial charge in [0.05, 0.1) is 0 Å². The van der Waals surface area contributed by atoms with Gasteiger partial charge in [0.15, 0.2) is 0 Å². The lowest BCUT2D eigenvalue weighted by atomic mass is 9.89. The van der Waals surface area contributed by atoms with E-state index >= 15 is 0 Å². The van der Waals surface area contributed by atoms with Gasteiger partial charge in [-0.25, -0.2) is 0 Å². The highest BCUT2D eigenvalue weighted by molar-refractivity contribution is 5.97. The quantitative estimate of drug-likeness (QED) is 0.699. The summed E-state index contributed by atoms with van der Waals surface area (Å²) in [6.07, 6.45) is -3.85. The van der Waals surface area contributed by atoms with Gasteiger partial charge in [0.25, 0.3) is 5.91 Å². The van der Waals surface area contributed by atoms with E-state index in [1.165, 1.54) is 18.2 Å². The maximum absolute atomic E-state index is 13.9. The van der Waals surface area contributed by atoms with Crippen LogP contribution < -0.4 is 5.32 Å². The van der Waals surface area contributed by atoms with Crippen LogP contribution in [0.1, 0.15) is 39.9 Å². The first-order chi connectivity index (χ1) is 12.7. The molecule has 0 spiro atoms. The van der Waals surface area contributed by atoms with E-state index in [2.05, 4.69) is 5.32 Å². The van der Waals surface area contributed by atoms with Crippen molar-refractivity contribution in [3.8, 4) is 11.1 Å². The summed E-state index contributed by atoms with van der Waals surface area (Å²) >= 11 is 0. The van der Waals surface area contributed by atoms with Crippen molar-refractivity contribution < 1.29 is 28.2 Å². The zero-order valence-corrected chi connectivity index (χ0v) is 14.7. The number of hydrogen-bond donors (Lipinski definition) is 3. The molecule has 0 aliphatic heterocycles. The molecule has 1 atom stereocenters. The minimum absolute atomic E-state index is 0.00466. The lowest BCUT2D eigenvalue weighted by molar-refractivity contribution is -0.246. The van der Waals surface area contributed by atoms with Crippen molar-refractivity contribution in [3.05, 3.63) is 58.7 Å². The minimum atomic E-state index is -4.93. The zero-order chi connectivity index (χ0) is 19.8. The average molecular weight is 379 g/mol. The molecule has 0 heterocycles. The van der Waals surface area contributed by atoms with E-state index in [0.29, 0.717) is 36.1 Å². The molecule has 4 nitrogen and oxygen atoms in total. The summed E-state index contributed by atoms with van der Waals surface area (Å²) in [6.45, 7) is 1.93. The predicted molar refractivity (Wildman–Crippen MR) is 94.3 cm³/mol. The normalized spacial score (nSPS) is 18.1. The molecule has 0 saturated carbocycles. The van der Waals surface area contributed by atoms with Gasteiger partial charge in [0.1, 0.15) is 0 Å². The van der Waals surface area contributed by atoms with Crippen LogP contribution in [0.2, 0.25) is 0 Å². The second-order valence-corrected chi connectivity index (χ2v) is 6.66. The molecular weight excluding hydrogens is 359 g/mol. The zero-order valence-electron chi connectivity index (χ0n) is 14.7. The van der Waals surface area contributed by atoms with Gasteiger partial charge in [-0.1, -0.05) is 24.3 Å². The summed E-state index contributed by atoms with van der Waals surface area (Å²) in [4.78, 5) is 12.4. The maximum Gasteiger partial charge on any atom is 0.425 e. The lowest BCUT2D eigenvalue weighted by Gasteiger charge is -2.28. The number of rotatable bonds is 5. The molecular formula is C20H20F3NO3. The van der Waals surface area contributed by atoms with E-state index in [9.17, 15) is 23.1 Å². The monoisotopic (exact) mass is 379 g/mol. The fraction of sp³-hybridized carbons (Fsp3) is 0.350. The third-order valence-corrected chi connectivity index (χ3v) is 4.85. The largest absolute Gasteiger partial charge is 0.425 e. The highest BCUT2D eigenvalue weighted by atomic mass is 19.4. The fourth-order valence-corrected chi connectivity index (χ4v) is 3.57. The van der Waals surface area contributed by atoms with Crippen LogP contribution in [0.25, 0.3) is 11.1 Å². The van der Waals surface area contributed by atoms with Crippen molar-refractivity contribution in [1.29, 1.82) is 0 Å². The third kappa shape index (κ3) is 3.11. The number of halogens is 3. The second-order valence-electron chi connectivity index (χ2n) is 6.66. The lowest BCUT2D eigenvalue weighted by Crippen LogP contribution is -2.41. The van der Waals surface area contributed by atoms with E-state index in [0.717, 1.165) is 6.07 Å². The van der Waals surface area contributed by atoms with Crippen molar-refractivity contribution in [2.45, 2.75) is 31.5 Å². The van der Waals surface area contributed by atoms with Crippen LogP contribution in [0.5, 0.6) is 0 Å². The first-order valence-electron chi connectivity index (χ1n) is 8.65. The Kier molecular flexibility index (Phi) is 5.01. The summed E-state index contributed by atoms with van der Waals surface area (Å²) in [5.74, 6) is -0.515. The molecule has 0 fully saturated rings. The van der Waals surface area contributed by atoms with Crippen LogP contribution in [0.3, 0.4) is 0 Å². The highest BCUT2D eigenvalue weighted by Crippen LogP contribution is 2.55. The van der Waals surface area contributed by atoms with E-state index in [1.807, 2.05) is 0 Å². The number of carbonyl (C=O) groups is 1. The SMILES string of the molecule is Cc1cc(C(=O)NCCCCO)cc2c1-c1ccccc1C2(O)C(F)(F)F. The number of amides is 1. The van der Waals surface area contributed by atoms with Gasteiger partial charge in [0, 0.05) is 29.8 Å². The van der Waals surface area contributed by atoms with Crippen molar-refractivity contribution in [2.24, 2.45) is 0 Å². The summed E-state index contributed by atoms with van der Waals surface area (Å²) in [6, 6.07) is 8.52. The van der Waals surface area contributed by atoms with E-state index < -0.39 is 17.7 Å². The Morgan fingerprint density at radius 2 is 1.85 bits per heavy atom. The molecule has 27 heavy (non-hydrogen) atoms. The Morgan fingerprint density at radius 3 is 2.52 bits per heavy atom. The number of benzene rings is 2. The van der Waals surface area contributed by atoms with Gasteiger partial charge >= 0.3 is 6.18 Å². The van der Waals surface area contributed by atoms with Crippen LogP contribution >= 0.6 is 0 Å². The van der Waals surface area contributed by atoms with Gasteiger partial charge < -0.3 is 15.5 Å². The number of unbranched alkanes of at least 4 members (excludes halogenated alkanes) is 1. The summed E-state index contributed by atoms with van der Waals surface area (Å²) in [7, 11) is 0. The first-order valence-corrected chi connectivity index (χ1v) is 8.65. The topological polar surface area (TPSA) is 69.6 Å². The minimum Gasteiger partial charge on any atom is -0.396 e. The standard InChI is InChI=1S/C20H20F3NO3/c1-12-10-13(18(26)24-8-4-5-9-25)11-16-17(12)14-6-2-3-7-15(14)19(16,27)20(21,22)23/h2-3,6-7,10-11,25,27H,4-5,8-9H2,1H3,(H,24,26). The van der Waals surface area contributed by atoms with Crippen LogP contribution in [-0.2, 0) is 5.60 Å². The maximum atomic E-state index is 13.9. The molecule has 3 rings (SSSR count). The number of alkyl halides is 3. The molecule has 2 aromatic rings. The highest BCUT2D eigenvalue weighted by Gasteiger charge is 2.61. The van der Waals surface area contributed by atoms with Gasteiger partial charge in [-0.15, -0.1) is 0 Å². The molecule has 0 bridgehead atoms. The van der Waals surface area contributed by atoms with Crippen LogP contribution in [0.4, 0.5) is 13.2 Å². The molecule has 0 radical (unpaired) electrons. The van der Waals surface area contributed by atoms with Crippen LogP contribution in [0.15, 0.2) is 36.4 Å². The summed E-state index contributed by atoms with van der Waals surface area (Å²) in [5.41, 5.74) is -2.53. The molecule has 3 N–H and O–H groups in total. The number of nitrogens with one attached hydrogen (secondary N) is 1. The summed E-state index contributed by atoms with van der Waals surface area (Å²) in [5, 5.41) is 22.1. The number of aliphatic hydroxyl groups is 2. The van der Waals surface area contributed by atoms with Crippen molar-refractivity contribution in [2.75, 3.05) is 13.2 Å². The number of fused-ring (bicyclic) bond motifs is 3. The van der Waals surface area contributed by atoms with Gasteiger partial charge in [-0.2, -0.15) is 13.2 Å². The Labute approximate surface area is 154 Å². The first kappa shape index (κ1) is 19.4. The Bertz CT molecular complexity index is 879. The molecule has 144 valence electrons. The summed E-state index contributed by atoms with van der Waals surface area (Å²) < 4.78 is 41.6. The molecule has 7 heteroatoms. The van der Waals surface area contributed by atoms with Crippen molar-refractivity contribution in [1.82, 2.24) is 5.32 Å². The number of aryl methyl sites for hydroxylation is 1. The van der Waals surface area contributed by atoms with Gasteiger partial charge in [-0.05, 0) is 48.6 Å². The smallest absolute Gasteiger partial charge is 0.396 e. The molecule has 1 amide bonds. The van der Waals surface area contributed by atoms with Gasteiger partial charge in [-0.3, -0.25) is 4.79 Å². The fourth-order valence-electron chi connectivity index (χ4n) is 3.57. The molecule has 2 aromatic carbocycles. The molecule has 0 saturated heterocycles. The third-order valence-electron chi connectivity index (χ3n) is 4.85. The van der Waals surface area contributed by atoms with Gasteiger partial charge in [0.2, 0.25) is 5.60 Å². The molecule has 0 aromatic heterocycles. The molecule has 1 aliphatic rings. The number of aliphatic hydroxyl groups excluding tert-OH is 1. The van der Waals surface area contributed by atoms with Crippen molar-refractivity contribution in [3.63, 3.8) is 0 Å². The van der Waals surface area contributed by atoms with E-state index in [1.54, 1.807) is 19.1 Å². The molecule has 1 unspecified atom stereocenters. The van der Waals surface area contributed by atoms with E-state index in [-0.39, 0.29) is 23.3 Å².